The van der Waals surface area contributed by atoms with Crippen LogP contribution in [0.5, 0.6) is 0 Å². The summed E-state index contributed by atoms with van der Waals surface area (Å²) in [6.45, 7) is 7.35. The minimum atomic E-state index is -4.43. The van der Waals surface area contributed by atoms with Gasteiger partial charge in [0.1, 0.15) is 5.82 Å². The van der Waals surface area contributed by atoms with Gasteiger partial charge in [-0.25, -0.2) is 4.39 Å². The van der Waals surface area contributed by atoms with Crippen LogP contribution < -0.4 is 0 Å². The first kappa shape index (κ1) is 14.0. The Labute approximate surface area is 98.6 Å². The van der Waals surface area contributed by atoms with Gasteiger partial charge in [-0.05, 0) is 35.1 Å². The first-order valence-corrected chi connectivity index (χ1v) is 5.40. The Morgan fingerprint density at radius 2 is 1.59 bits per heavy atom. The molecule has 0 N–H and O–H groups in total. The molecule has 96 valence electrons. The van der Waals surface area contributed by atoms with E-state index in [2.05, 4.69) is 0 Å². The topological polar surface area (TPSA) is 0 Å². The summed E-state index contributed by atoms with van der Waals surface area (Å²) in [5, 5.41) is 0. The molecule has 0 aliphatic heterocycles. The van der Waals surface area contributed by atoms with Gasteiger partial charge in [0, 0.05) is 0 Å². The van der Waals surface area contributed by atoms with Gasteiger partial charge in [0.25, 0.3) is 0 Å². The molecule has 0 bridgehead atoms. The molecule has 1 rings (SSSR count). The van der Waals surface area contributed by atoms with Crippen molar-refractivity contribution in [2.75, 3.05) is 0 Å². The average Bonchev–Trinajstić information content (AvgIpc) is 2.14. The SMILES string of the molecule is CC(c1cc(C(F)(F)F)ccc1F)C(C)(C)C. The Morgan fingerprint density at radius 3 is 2.00 bits per heavy atom. The molecule has 0 amide bonds. The fourth-order valence-corrected chi connectivity index (χ4v) is 1.52. The maximum Gasteiger partial charge on any atom is 0.416 e. The second-order valence-electron chi connectivity index (χ2n) is 5.32. The molecule has 1 unspecified atom stereocenters. The minimum Gasteiger partial charge on any atom is -0.207 e. The highest BCUT2D eigenvalue weighted by molar-refractivity contribution is 5.30. The molecule has 0 aliphatic rings. The summed E-state index contributed by atoms with van der Waals surface area (Å²) < 4.78 is 51.2. The Hall–Kier alpha value is -1.06. The van der Waals surface area contributed by atoms with E-state index in [0.717, 1.165) is 18.2 Å². The molecule has 0 spiro atoms. The Bertz CT molecular complexity index is 399. The standard InChI is InChI=1S/C13H16F4/c1-8(12(2,3)4)10-7-9(13(15,16)17)5-6-11(10)14/h5-8H,1-4H3. The van der Waals surface area contributed by atoms with Gasteiger partial charge in [-0.3, -0.25) is 0 Å². The number of hydrogen-bond acceptors (Lipinski definition) is 0. The molecule has 1 aromatic rings. The normalized spacial score (nSPS) is 14.8. The summed E-state index contributed by atoms with van der Waals surface area (Å²) in [7, 11) is 0. The molecule has 0 radical (unpaired) electrons. The monoisotopic (exact) mass is 248 g/mol. The lowest BCUT2D eigenvalue weighted by Crippen LogP contribution is -2.17. The minimum absolute atomic E-state index is 0.118. The van der Waals surface area contributed by atoms with E-state index in [4.69, 9.17) is 0 Å². The molecule has 0 aliphatic carbocycles. The molecule has 0 heterocycles. The Morgan fingerprint density at radius 1 is 1.06 bits per heavy atom. The summed E-state index contributed by atoms with van der Waals surface area (Å²) in [4.78, 5) is 0. The zero-order valence-electron chi connectivity index (χ0n) is 10.3. The zero-order chi connectivity index (χ0) is 13.4. The second-order valence-corrected chi connectivity index (χ2v) is 5.32. The van der Waals surface area contributed by atoms with Gasteiger partial charge in [0.05, 0.1) is 5.56 Å². The molecule has 1 aromatic carbocycles. The third-order valence-corrected chi connectivity index (χ3v) is 3.09. The van der Waals surface area contributed by atoms with Gasteiger partial charge >= 0.3 is 6.18 Å². The number of rotatable bonds is 1. The maximum absolute atomic E-state index is 13.6. The molecule has 0 fully saturated rings. The molecule has 17 heavy (non-hydrogen) atoms. The predicted molar refractivity (Wildman–Crippen MR) is 59.3 cm³/mol. The van der Waals surface area contributed by atoms with Crippen LogP contribution in [0.1, 0.15) is 44.7 Å². The van der Waals surface area contributed by atoms with Crippen molar-refractivity contribution in [3.63, 3.8) is 0 Å². The van der Waals surface area contributed by atoms with Gasteiger partial charge < -0.3 is 0 Å². The van der Waals surface area contributed by atoms with Crippen LogP contribution in [-0.4, -0.2) is 0 Å². The zero-order valence-corrected chi connectivity index (χ0v) is 10.3. The molecule has 0 saturated heterocycles. The first-order valence-electron chi connectivity index (χ1n) is 5.40. The molecular formula is C13H16F4. The number of hydrogen-bond donors (Lipinski definition) is 0. The fraction of sp³-hybridized carbons (Fsp3) is 0.538. The van der Waals surface area contributed by atoms with Crippen molar-refractivity contribution in [1.29, 1.82) is 0 Å². The van der Waals surface area contributed by atoms with Gasteiger partial charge in [0.2, 0.25) is 0 Å². The third kappa shape index (κ3) is 3.20. The highest BCUT2D eigenvalue weighted by atomic mass is 19.4. The number of halogens is 4. The predicted octanol–water partition coefficient (Wildman–Crippen LogP) is 4.99. The van der Waals surface area contributed by atoms with Crippen LogP contribution in [0.3, 0.4) is 0 Å². The number of benzene rings is 1. The summed E-state index contributed by atoms with van der Waals surface area (Å²) in [6.07, 6.45) is -4.43. The molecule has 0 saturated carbocycles. The maximum atomic E-state index is 13.6. The average molecular weight is 248 g/mol. The summed E-state index contributed by atoms with van der Waals surface area (Å²) in [6, 6.07) is 2.57. The van der Waals surface area contributed by atoms with Gasteiger partial charge in [-0.2, -0.15) is 13.2 Å². The Balaban J connectivity index is 3.25. The van der Waals surface area contributed by atoms with Crippen LogP contribution in [-0.2, 0) is 6.18 Å². The lowest BCUT2D eigenvalue weighted by atomic mass is 9.77. The van der Waals surface area contributed by atoms with E-state index in [-0.39, 0.29) is 16.9 Å². The summed E-state index contributed by atoms with van der Waals surface area (Å²) >= 11 is 0. The van der Waals surface area contributed by atoms with E-state index >= 15 is 0 Å². The van der Waals surface area contributed by atoms with E-state index in [1.807, 2.05) is 20.8 Å². The van der Waals surface area contributed by atoms with Crippen LogP contribution in [0.2, 0.25) is 0 Å². The highest BCUT2D eigenvalue weighted by Crippen LogP contribution is 2.38. The highest BCUT2D eigenvalue weighted by Gasteiger charge is 2.33. The van der Waals surface area contributed by atoms with Crippen molar-refractivity contribution in [1.82, 2.24) is 0 Å². The van der Waals surface area contributed by atoms with Crippen molar-refractivity contribution in [3.05, 3.63) is 35.1 Å². The smallest absolute Gasteiger partial charge is 0.207 e. The fourth-order valence-electron chi connectivity index (χ4n) is 1.52. The lowest BCUT2D eigenvalue weighted by Gasteiger charge is -2.28. The van der Waals surface area contributed by atoms with Crippen molar-refractivity contribution >= 4 is 0 Å². The van der Waals surface area contributed by atoms with Crippen LogP contribution >= 0.6 is 0 Å². The first-order chi connectivity index (χ1) is 7.53. The third-order valence-electron chi connectivity index (χ3n) is 3.09. The van der Waals surface area contributed by atoms with Crippen molar-refractivity contribution in [2.24, 2.45) is 5.41 Å². The van der Waals surface area contributed by atoms with E-state index in [0.29, 0.717) is 0 Å². The quantitative estimate of drug-likeness (QED) is 0.614. The molecular weight excluding hydrogens is 232 g/mol. The molecule has 1 atom stereocenters. The molecule has 0 aromatic heterocycles. The Kier molecular flexibility index (Phi) is 3.55. The van der Waals surface area contributed by atoms with Crippen LogP contribution in [0, 0.1) is 11.2 Å². The van der Waals surface area contributed by atoms with Gasteiger partial charge in [-0.15, -0.1) is 0 Å². The van der Waals surface area contributed by atoms with E-state index in [1.165, 1.54) is 0 Å². The van der Waals surface area contributed by atoms with Crippen molar-refractivity contribution in [2.45, 2.75) is 39.8 Å². The lowest BCUT2D eigenvalue weighted by molar-refractivity contribution is -0.137. The van der Waals surface area contributed by atoms with E-state index in [1.54, 1.807) is 6.92 Å². The summed E-state index contributed by atoms with van der Waals surface area (Å²) in [5.41, 5.74) is -0.970. The van der Waals surface area contributed by atoms with Crippen molar-refractivity contribution < 1.29 is 17.6 Å². The second kappa shape index (κ2) is 4.31. The van der Waals surface area contributed by atoms with Crippen LogP contribution in [0.15, 0.2) is 18.2 Å². The molecule has 0 nitrogen and oxygen atoms in total. The van der Waals surface area contributed by atoms with Gasteiger partial charge in [-0.1, -0.05) is 27.7 Å². The number of alkyl halides is 3. The van der Waals surface area contributed by atoms with E-state index in [9.17, 15) is 17.6 Å². The van der Waals surface area contributed by atoms with Crippen molar-refractivity contribution in [3.8, 4) is 0 Å². The van der Waals surface area contributed by atoms with Crippen LogP contribution in [0.4, 0.5) is 17.6 Å². The van der Waals surface area contributed by atoms with Gasteiger partial charge in [0.15, 0.2) is 0 Å². The van der Waals surface area contributed by atoms with Crippen LogP contribution in [0.25, 0.3) is 0 Å². The summed E-state index contributed by atoms with van der Waals surface area (Å²) in [5.74, 6) is -0.870. The largest absolute Gasteiger partial charge is 0.416 e. The molecule has 4 heteroatoms. The van der Waals surface area contributed by atoms with E-state index < -0.39 is 17.6 Å².